The summed E-state index contributed by atoms with van der Waals surface area (Å²) in [6, 6.07) is 11.2. The molecule has 2 aromatic rings. The second-order valence-corrected chi connectivity index (χ2v) is 5.18. The molecular weight excluding hydrogens is 298 g/mol. The fourth-order valence-electron chi connectivity index (χ4n) is 1.75. The number of nitrogens with one attached hydrogen (secondary N) is 2. The highest BCUT2D eigenvalue weighted by molar-refractivity contribution is 7.80. The van der Waals surface area contributed by atoms with Crippen LogP contribution in [0.3, 0.4) is 0 Å². The molecule has 1 amide bonds. The zero-order valence-corrected chi connectivity index (χ0v) is 13.2. The zero-order valence-electron chi connectivity index (χ0n) is 12.4. The fourth-order valence-corrected chi connectivity index (χ4v) is 1.97. The summed E-state index contributed by atoms with van der Waals surface area (Å²) in [5, 5.41) is 5.56. The largest absolute Gasteiger partial charge is 0.483 e. The number of anilines is 1. The van der Waals surface area contributed by atoms with Crippen LogP contribution in [0.2, 0.25) is 0 Å². The van der Waals surface area contributed by atoms with E-state index in [9.17, 15) is 4.79 Å². The van der Waals surface area contributed by atoms with Crippen molar-refractivity contribution in [1.82, 2.24) is 10.3 Å². The second-order valence-electron chi connectivity index (χ2n) is 4.77. The van der Waals surface area contributed by atoms with Crippen molar-refractivity contribution < 1.29 is 9.53 Å². The fraction of sp³-hybridized carbons (Fsp3) is 0.188. The SMILES string of the molecule is Cc1ccc(C)c(OCC(=O)NC(=S)Nc2ccccn2)c1. The van der Waals surface area contributed by atoms with E-state index in [-0.39, 0.29) is 17.6 Å². The van der Waals surface area contributed by atoms with Crippen LogP contribution in [0, 0.1) is 13.8 Å². The highest BCUT2D eigenvalue weighted by Crippen LogP contribution is 2.18. The minimum atomic E-state index is -0.325. The lowest BCUT2D eigenvalue weighted by molar-refractivity contribution is -0.121. The van der Waals surface area contributed by atoms with Crippen molar-refractivity contribution in [2.24, 2.45) is 0 Å². The van der Waals surface area contributed by atoms with Gasteiger partial charge in [-0.05, 0) is 55.4 Å². The van der Waals surface area contributed by atoms with Gasteiger partial charge in [-0.25, -0.2) is 4.98 Å². The average Bonchev–Trinajstić information content (AvgIpc) is 2.49. The number of rotatable bonds is 4. The molecular formula is C16H17N3O2S. The van der Waals surface area contributed by atoms with E-state index in [0.717, 1.165) is 11.1 Å². The lowest BCUT2D eigenvalue weighted by Gasteiger charge is -2.11. The number of amides is 1. The molecule has 0 atom stereocenters. The Labute approximate surface area is 134 Å². The minimum absolute atomic E-state index is 0.103. The molecule has 0 fully saturated rings. The zero-order chi connectivity index (χ0) is 15.9. The summed E-state index contributed by atoms with van der Waals surface area (Å²) in [4.78, 5) is 15.9. The number of pyridine rings is 1. The Morgan fingerprint density at radius 1 is 1.27 bits per heavy atom. The Morgan fingerprint density at radius 3 is 2.82 bits per heavy atom. The van der Waals surface area contributed by atoms with Crippen molar-refractivity contribution in [3.05, 3.63) is 53.7 Å². The van der Waals surface area contributed by atoms with Gasteiger partial charge >= 0.3 is 0 Å². The molecule has 1 aromatic heterocycles. The van der Waals surface area contributed by atoms with Gasteiger partial charge in [0.05, 0.1) is 0 Å². The summed E-state index contributed by atoms with van der Waals surface area (Å²) in [5.74, 6) is 0.941. The number of aromatic nitrogens is 1. The molecule has 2 rings (SSSR count). The van der Waals surface area contributed by atoms with Crippen LogP contribution in [0.1, 0.15) is 11.1 Å². The van der Waals surface area contributed by atoms with E-state index < -0.39 is 0 Å². The van der Waals surface area contributed by atoms with Crippen LogP contribution in [-0.2, 0) is 4.79 Å². The molecule has 6 heteroatoms. The van der Waals surface area contributed by atoms with Crippen LogP contribution in [0.4, 0.5) is 5.82 Å². The number of carbonyl (C=O) groups is 1. The van der Waals surface area contributed by atoms with E-state index >= 15 is 0 Å². The molecule has 2 N–H and O–H groups in total. The maximum absolute atomic E-state index is 11.8. The molecule has 0 aliphatic heterocycles. The van der Waals surface area contributed by atoms with E-state index in [2.05, 4.69) is 15.6 Å². The Hall–Kier alpha value is -2.47. The van der Waals surface area contributed by atoms with Crippen LogP contribution >= 0.6 is 12.2 Å². The van der Waals surface area contributed by atoms with Gasteiger partial charge < -0.3 is 10.1 Å². The molecule has 114 valence electrons. The Kier molecular flexibility index (Phi) is 5.43. The second kappa shape index (κ2) is 7.51. The highest BCUT2D eigenvalue weighted by atomic mass is 32.1. The number of hydrogen-bond acceptors (Lipinski definition) is 4. The summed E-state index contributed by atoms with van der Waals surface area (Å²) in [7, 11) is 0. The van der Waals surface area contributed by atoms with Gasteiger partial charge in [-0.2, -0.15) is 0 Å². The van der Waals surface area contributed by atoms with E-state index in [1.54, 1.807) is 18.3 Å². The molecule has 22 heavy (non-hydrogen) atoms. The van der Waals surface area contributed by atoms with E-state index in [1.807, 2.05) is 38.1 Å². The monoisotopic (exact) mass is 315 g/mol. The molecule has 1 aromatic carbocycles. The van der Waals surface area contributed by atoms with Crippen molar-refractivity contribution >= 4 is 29.1 Å². The van der Waals surface area contributed by atoms with Crippen molar-refractivity contribution in [1.29, 1.82) is 0 Å². The van der Waals surface area contributed by atoms with E-state index in [0.29, 0.717) is 11.6 Å². The number of ether oxygens (including phenoxy) is 1. The molecule has 1 heterocycles. The average molecular weight is 315 g/mol. The van der Waals surface area contributed by atoms with Gasteiger partial charge in [0.15, 0.2) is 11.7 Å². The van der Waals surface area contributed by atoms with E-state index in [4.69, 9.17) is 17.0 Å². The molecule has 0 saturated heterocycles. The summed E-state index contributed by atoms with van der Waals surface area (Å²) >= 11 is 5.05. The van der Waals surface area contributed by atoms with Crippen molar-refractivity contribution in [3.63, 3.8) is 0 Å². The molecule has 0 saturated carbocycles. The normalized spacial score (nSPS) is 9.91. The highest BCUT2D eigenvalue weighted by Gasteiger charge is 2.07. The number of thiocarbonyl (C=S) groups is 1. The molecule has 0 unspecified atom stereocenters. The molecule has 0 radical (unpaired) electrons. The van der Waals surface area contributed by atoms with Gasteiger partial charge in [0.2, 0.25) is 0 Å². The van der Waals surface area contributed by atoms with Gasteiger partial charge in [0, 0.05) is 6.20 Å². The summed E-state index contributed by atoms with van der Waals surface area (Å²) in [6.45, 7) is 3.80. The lowest BCUT2D eigenvalue weighted by atomic mass is 10.1. The number of benzene rings is 1. The number of nitrogens with zero attached hydrogens (tertiary/aromatic N) is 1. The summed E-state index contributed by atoms with van der Waals surface area (Å²) in [5.41, 5.74) is 2.06. The van der Waals surface area contributed by atoms with Gasteiger partial charge in [-0.15, -0.1) is 0 Å². The Bertz CT molecular complexity index is 674. The van der Waals surface area contributed by atoms with Crippen LogP contribution in [0.15, 0.2) is 42.6 Å². The first kappa shape index (κ1) is 15.9. The number of aryl methyl sites for hydroxylation is 2. The van der Waals surface area contributed by atoms with Crippen LogP contribution in [0.5, 0.6) is 5.75 Å². The molecule has 0 spiro atoms. The number of hydrogen-bond donors (Lipinski definition) is 2. The minimum Gasteiger partial charge on any atom is -0.483 e. The van der Waals surface area contributed by atoms with E-state index in [1.165, 1.54) is 0 Å². The van der Waals surface area contributed by atoms with Crippen LogP contribution in [0.25, 0.3) is 0 Å². The van der Waals surface area contributed by atoms with Crippen molar-refractivity contribution in [3.8, 4) is 5.75 Å². The molecule has 0 aliphatic rings. The predicted octanol–water partition coefficient (Wildman–Crippen LogP) is 2.59. The quantitative estimate of drug-likeness (QED) is 0.849. The van der Waals surface area contributed by atoms with Gasteiger partial charge in [-0.1, -0.05) is 18.2 Å². The first-order valence-electron chi connectivity index (χ1n) is 6.76. The predicted molar refractivity (Wildman–Crippen MR) is 90.0 cm³/mol. The molecule has 5 nitrogen and oxygen atoms in total. The van der Waals surface area contributed by atoms with Gasteiger partial charge in [0.25, 0.3) is 5.91 Å². The first-order valence-corrected chi connectivity index (χ1v) is 7.17. The molecule has 0 bridgehead atoms. The summed E-state index contributed by atoms with van der Waals surface area (Å²) in [6.07, 6.45) is 1.64. The first-order chi connectivity index (χ1) is 10.5. The van der Waals surface area contributed by atoms with Crippen LogP contribution < -0.4 is 15.4 Å². The maximum atomic E-state index is 11.8. The third-order valence-electron chi connectivity index (χ3n) is 2.86. The third kappa shape index (κ3) is 4.82. The standard InChI is InChI=1S/C16H17N3O2S/c1-11-6-7-12(2)13(9-11)21-10-15(20)19-16(22)18-14-5-3-4-8-17-14/h3-9H,10H2,1-2H3,(H2,17,18,19,20,22). The van der Waals surface area contributed by atoms with Gasteiger partial charge in [0.1, 0.15) is 11.6 Å². The smallest absolute Gasteiger partial charge is 0.264 e. The maximum Gasteiger partial charge on any atom is 0.264 e. The third-order valence-corrected chi connectivity index (χ3v) is 3.07. The Morgan fingerprint density at radius 2 is 2.09 bits per heavy atom. The van der Waals surface area contributed by atoms with Crippen LogP contribution in [-0.4, -0.2) is 22.6 Å². The summed E-state index contributed by atoms with van der Waals surface area (Å²) < 4.78 is 5.52. The Balaban J connectivity index is 1.83. The topological polar surface area (TPSA) is 63.2 Å². The molecule has 0 aliphatic carbocycles. The number of carbonyl (C=O) groups excluding carboxylic acids is 1. The van der Waals surface area contributed by atoms with Crippen molar-refractivity contribution in [2.45, 2.75) is 13.8 Å². The van der Waals surface area contributed by atoms with Crippen molar-refractivity contribution in [2.75, 3.05) is 11.9 Å². The lowest BCUT2D eigenvalue weighted by Crippen LogP contribution is -2.37. The van der Waals surface area contributed by atoms with Gasteiger partial charge in [-0.3, -0.25) is 10.1 Å².